The van der Waals surface area contributed by atoms with Crippen molar-refractivity contribution in [3.8, 4) is 5.75 Å². The fourth-order valence-corrected chi connectivity index (χ4v) is 2.89. The summed E-state index contributed by atoms with van der Waals surface area (Å²) in [5.41, 5.74) is 8.73. The van der Waals surface area contributed by atoms with Crippen LogP contribution < -0.4 is 16.6 Å². The zero-order valence-corrected chi connectivity index (χ0v) is 12.3. The molecule has 0 aromatic heterocycles. The number of fused-ring (bicyclic) bond motifs is 1. The molecule has 5 nitrogen and oxygen atoms in total. The van der Waals surface area contributed by atoms with E-state index in [0.29, 0.717) is 6.61 Å². The van der Waals surface area contributed by atoms with Crippen molar-refractivity contribution in [2.24, 2.45) is 5.73 Å². The topological polar surface area (TPSA) is 76.7 Å². The Morgan fingerprint density at radius 1 is 1.25 bits per heavy atom. The SMILES string of the molecule is CN1CCN(Cc2cccc3c2C[C@H](N)CO3)CC1.N. The minimum atomic E-state index is 0. The summed E-state index contributed by atoms with van der Waals surface area (Å²) in [5, 5.41) is 0. The molecule has 2 heterocycles. The Bertz CT molecular complexity index is 443. The Labute approximate surface area is 121 Å². The molecule has 0 spiro atoms. The molecule has 0 aliphatic carbocycles. The van der Waals surface area contributed by atoms with Crippen molar-refractivity contribution in [2.45, 2.75) is 19.0 Å². The van der Waals surface area contributed by atoms with E-state index < -0.39 is 0 Å². The molecule has 0 unspecified atom stereocenters. The summed E-state index contributed by atoms with van der Waals surface area (Å²) in [6, 6.07) is 6.52. The van der Waals surface area contributed by atoms with Crippen LogP contribution in [0.5, 0.6) is 5.75 Å². The summed E-state index contributed by atoms with van der Waals surface area (Å²) in [6.07, 6.45) is 0.944. The van der Waals surface area contributed by atoms with Crippen molar-refractivity contribution in [2.75, 3.05) is 39.8 Å². The molecule has 112 valence electrons. The van der Waals surface area contributed by atoms with Crippen LogP contribution >= 0.6 is 0 Å². The predicted octanol–water partition coefficient (Wildman–Crippen LogP) is 0.858. The van der Waals surface area contributed by atoms with E-state index >= 15 is 0 Å². The Morgan fingerprint density at radius 3 is 2.75 bits per heavy atom. The van der Waals surface area contributed by atoms with Crippen LogP contribution in [-0.4, -0.2) is 55.7 Å². The maximum Gasteiger partial charge on any atom is 0.122 e. The number of nitrogens with two attached hydrogens (primary N) is 1. The minimum absolute atomic E-state index is 0. The largest absolute Gasteiger partial charge is 0.492 e. The van der Waals surface area contributed by atoms with Gasteiger partial charge in [-0.1, -0.05) is 12.1 Å². The second kappa shape index (κ2) is 6.54. The third kappa shape index (κ3) is 3.30. The van der Waals surface area contributed by atoms with Gasteiger partial charge in [0, 0.05) is 44.3 Å². The van der Waals surface area contributed by atoms with Crippen molar-refractivity contribution < 1.29 is 4.74 Å². The molecule has 0 saturated carbocycles. The fraction of sp³-hybridized carbons (Fsp3) is 0.600. The van der Waals surface area contributed by atoms with Crippen molar-refractivity contribution in [1.82, 2.24) is 16.0 Å². The smallest absolute Gasteiger partial charge is 0.122 e. The van der Waals surface area contributed by atoms with E-state index in [-0.39, 0.29) is 12.2 Å². The summed E-state index contributed by atoms with van der Waals surface area (Å²) >= 11 is 0. The van der Waals surface area contributed by atoms with Gasteiger partial charge in [-0.3, -0.25) is 4.90 Å². The van der Waals surface area contributed by atoms with E-state index in [4.69, 9.17) is 10.5 Å². The Balaban J connectivity index is 0.00000147. The monoisotopic (exact) mass is 278 g/mol. The molecule has 1 atom stereocenters. The van der Waals surface area contributed by atoms with E-state index in [0.717, 1.165) is 44.9 Å². The Morgan fingerprint density at radius 2 is 2.00 bits per heavy atom. The highest BCUT2D eigenvalue weighted by Crippen LogP contribution is 2.28. The van der Waals surface area contributed by atoms with Crippen LogP contribution in [0, 0.1) is 0 Å². The lowest BCUT2D eigenvalue weighted by molar-refractivity contribution is 0.147. The molecule has 0 amide bonds. The van der Waals surface area contributed by atoms with Crippen LogP contribution in [-0.2, 0) is 13.0 Å². The molecule has 5 N–H and O–H groups in total. The van der Waals surface area contributed by atoms with Gasteiger partial charge in [-0.25, -0.2) is 0 Å². The van der Waals surface area contributed by atoms with E-state index in [1.165, 1.54) is 11.1 Å². The van der Waals surface area contributed by atoms with Gasteiger partial charge in [0.1, 0.15) is 12.4 Å². The Hall–Kier alpha value is -1.14. The van der Waals surface area contributed by atoms with E-state index in [9.17, 15) is 0 Å². The summed E-state index contributed by atoms with van der Waals surface area (Å²) in [7, 11) is 2.19. The van der Waals surface area contributed by atoms with Gasteiger partial charge < -0.3 is 21.5 Å². The second-order valence-corrected chi connectivity index (χ2v) is 5.75. The summed E-state index contributed by atoms with van der Waals surface area (Å²) in [5.74, 6) is 1.04. The highest BCUT2D eigenvalue weighted by Gasteiger charge is 2.21. The molecule has 1 aromatic carbocycles. The first kappa shape index (κ1) is 15.3. The Kier molecular flexibility index (Phi) is 4.99. The van der Waals surface area contributed by atoms with Gasteiger partial charge in [0.05, 0.1) is 0 Å². The molecule has 3 rings (SSSR count). The van der Waals surface area contributed by atoms with Gasteiger partial charge in [-0.15, -0.1) is 0 Å². The average molecular weight is 278 g/mol. The van der Waals surface area contributed by atoms with Gasteiger partial charge >= 0.3 is 0 Å². The number of hydrogen-bond acceptors (Lipinski definition) is 5. The second-order valence-electron chi connectivity index (χ2n) is 5.75. The van der Waals surface area contributed by atoms with Crippen LogP contribution in [0.3, 0.4) is 0 Å². The van der Waals surface area contributed by atoms with Crippen molar-refractivity contribution in [3.63, 3.8) is 0 Å². The first-order valence-electron chi connectivity index (χ1n) is 7.12. The first-order chi connectivity index (χ1) is 9.22. The zero-order valence-electron chi connectivity index (χ0n) is 12.3. The normalized spacial score (nSPS) is 23.6. The van der Waals surface area contributed by atoms with Gasteiger partial charge in [-0.2, -0.15) is 0 Å². The number of benzene rings is 1. The molecule has 5 heteroatoms. The van der Waals surface area contributed by atoms with Gasteiger partial charge in [-0.05, 0) is 25.1 Å². The summed E-state index contributed by atoms with van der Waals surface area (Å²) in [6.45, 7) is 6.27. The first-order valence-corrected chi connectivity index (χ1v) is 7.12. The third-order valence-electron chi connectivity index (χ3n) is 4.14. The van der Waals surface area contributed by atoms with Crippen molar-refractivity contribution >= 4 is 0 Å². The van der Waals surface area contributed by atoms with Crippen LogP contribution in [0.4, 0.5) is 0 Å². The van der Waals surface area contributed by atoms with Crippen LogP contribution in [0.1, 0.15) is 11.1 Å². The standard InChI is InChI=1S/C15H23N3O.H3N/c1-17-5-7-18(8-6-17)10-12-3-2-4-15-14(12)9-13(16)11-19-15;/h2-4,13H,5-11,16H2,1H3;1H3/t13-;/m0./s1. The van der Waals surface area contributed by atoms with Crippen molar-refractivity contribution in [3.05, 3.63) is 29.3 Å². The van der Waals surface area contributed by atoms with Crippen LogP contribution in [0.15, 0.2) is 18.2 Å². The zero-order chi connectivity index (χ0) is 13.2. The number of piperazine rings is 1. The predicted molar refractivity (Wildman–Crippen MR) is 81.4 cm³/mol. The number of rotatable bonds is 2. The van der Waals surface area contributed by atoms with Crippen LogP contribution in [0.25, 0.3) is 0 Å². The molecule has 1 aromatic rings. The van der Waals surface area contributed by atoms with E-state index in [1.54, 1.807) is 0 Å². The van der Waals surface area contributed by atoms with Gasteiger partial charge in [0.25, 0.3) is 0 Å². The highest BCUT2D eigenvalue weighted by molar-refractivity contribution is 5.42. The number of nitrogens with zero attached hydrogens (tertiary/aromatic N) is 2. The summed E-state index contributed by atoms with van der Waals surface area (Å²) < 4.78 is 5.73. The molecular weight excluding hydrogens is 252 g/mol. The quantitative estimate of drug-likeness (QED) is 0.839. The maximum atomic E-state index is 6.02. The highest BCUT2D eigenvalue weighted by atomic mass is 16.5. The lowest BCUT2D eigenvalue weighted by Gasteiger charge is -2.33. The number of ether oxygens (including phenoxy) is 1. The molecule has 0 bridgehead atoms. The lowest BCUT2D eigenvalue weighted by Crippen LogP contribution is -2.44. The lowest BCUT2D eigenvalue weighted by atomic mass is 9.97. The van der Waals surface area contributed by atoms with E-state index in [1.807, 2.05) is 0 Å². The van der Waals surface area contributed by atoms with Crippen LogP contribution in [0.2, 0.25) is 0 Å². The minimum Gasteiger partial charge on any atom is -0.492 e. The maximum absolute atomic E-state index is 6.02. The number of hydrogen-bond donors (Lipinski definition) is 2. The molecule has 2 aliphatic rings. The number of likely N-dealkylation sites (N-methyl/N-ethyl adjacent to an activating group) is 1. The molecule has 1 fully saturated rings. The fourth-order valence-electron chi connectivity index (χ4n) is 2.89. The molecule has 1 saturated heterocycles. The molecule has 20 heavy (non-hydrogen) atoms. The van der Waals surface area contributed by atoms with Gasteiger partial charge in [0.15, 0.2) is 0 Å². The van der Waals surface area contributed by atoms with Crippen molar-refractivity contribution in [1.29, 1.82) is 0 Å². The van der Waals surface area contributed by atoms with E-state index in [2.05, 4.69) is 35.0 Å². The average Bonchev–Trinajstić information content (AvgIpc) is 2.42. The van der Waals surface area contributed by atoms with Gasteiger partial charge in [0.2, 0.25) is 0 Å². The molecular formula is C15H26N4O. The molecule has 2 aliphatic heterocycles. The summed E-state index contributed by atoms with van der Waals surface area (Å²) in [4.78, 5) is 4.91. The third-order valence-corrected chi connectivity index (χ3v) is 4.14. The molecule has 0 radical (unpaired) electrons.